The Morgan fingerprint density at radius 1 is 1.23 bits per heavy atom. The summed E-state index contributed by atoms with van der Waals surface area (Å²) in [5.41, 5.74) is 0. The van der Waals surface area contributed by atoms with E-state index in [4.69, 9.17) is 10.00 Å². The van der Waals surface area contributed by atoms with E-state index in [0.717, 1.165) is 6.26 Å². The number of nitrogens with zero attached hydrogens (tertiary/aromatic N) is 2. The van der Waals surface area contributed by atoms with Gasteiger partial charge in [0, 0.05) is 19.3 Å². The summed E-state index contributed by atoms with van der Waals surface area (Å²) in [6.45, 7) is 5.67. The van der Waals surface area contributed by atoms with Gasteiger partial charge in [-0.3, -0.25) is 4.79 Å². The molecule has 9 nitrogen and oxygen atoms in total. The highest BCUT2D eigenvalue weighted by atomic mass is 32.2. The van der Waals surface area contributed by atoms with Crippen LogP contribution in [0.15, 0.2) is 0 Å². The standard InChI is InChI=1S/C16H28N4O5S/c1-12(2)10-14(19-16(22)20-5-7-25-8-6-20)15(21)18-13(11-17)4-9-26(3,23)24/h12-14H,4-10H2,1-3H3,(H,18,21)(H,19,22)/t13-,14-/m0/s1. The van der Waals surface area contributed by atoms with Crippen LogP contribution in [0.1, 0.15) is 26.7 Å². The molecule has 26 heavy (non-hydrogen) atoms. The molecule has 148 valence electrons. The van der Waals surface area contributed by atoms with Crippen molar-refractivity contribution < 1.29 is 22.7 Å². The van der Waals surface area contributed by atoms with E-state index in [1.165, 1.54) is 0 Å². The Bertz CT molecular complexity index is 623. The van der Waals surface area contributed by atoms with Gasteiger partial charge in [-0.1, -0.05) is 13.8 Å². The smallest absolute Gasteiger partial charge is 0.318 e. The summed E-state index contributed by atoms with van der Waals surface area (Å²) in [4.78, 5) is 26.4. The number of rotatable bonds is 8. The Labute approximate surface area is 155 Å². The molecule has 0 aliphatic carbocycles. The lowest BCUT2D eigenvalue weighted by Crippen LogP contribution is -2.55. The molecule has 0 aromatic heterocycles. The van der Waals surface area contributed by atoms with Crippen LogP contribution in [0, 0.1) is 17.2 Å². The van der Waals surface area contributed by atoms with Crippen LogP contribution in [0.3, 0.4) is 0 Å². The second-order valence-electron chi connectivity index (χ2n) is 6.84. The first-order chi connectivity index (χ1) is 12.1. The molecule has 10 heteroatoms. The number of carbonyl (C=O) groups is 2. The zero-order valence-corrected chi connectivity index (χ0v) is 16.3. The second kappa shape index (κ2) is 10.3. The van der Waals surface area contributed by atoms with Crippen LogP contribution in [0.2, 0.25) is 0 Å². The maximum Gasteiger partial charge on any atom is 0.318 e. The molecule has 1 aliphatic rings. The van der Waals surface area contributed by atoms with Crippen LogP contribution in [0.5, 0.6) is 0 Å². The number of morpholine rings is 1. The van der Waals surface area contributed by atoms with E-state index in [1.54, 1.807) is 4.90 Å². The SMILES string of the molecule is CC(C)C[C@H](NC(=O)N1CCOCC1)C(=O)N[C@H](C#N)CCS(C)(=O)=O. The Morgan fingerprint density at radius 3 is 2.35 bits per heavy atom. The van der Waals surface area contributed by atoms with Crippen LogP contribution >= 0.6 is 0 Å². The molecule has 2 N–H and O–H groups in total. The van der Waals surface area contributed by atoms with E-state index in [0.29, 0.717) is 32.7 Å². The molecule has 1 heterocycles. The molecule has 1 rings (SSSR count). The van der Waals surface area contributed by atoms with Crippen molar-refractivity contribution in [1.29, 1.82) is 5.26 Å². The molecule has 3 amide bonds. The second-order valence-corrected chi connectivity index (χ2v) is 9.10. The summed E-state index contributed by atoms with van der Waals surface area (Å²) in [5.74, 6) is -0.534. The Hall–Kier alpha value is -1.86. The maximum absolute atomic E-state index is 12.5. The highest BCUT2D eigenvalue weighted by Crippen LogP contribution is 2.08. The van der Waals surface area contributed by atoms with Crippen molar-refractivity contribution in [2.75, 3.05) is 38.3 Å². The van der Waals surface area contributed by atoms with E-state index < -0.39 is 27.8 Å². The number of hydrogen-bond acceptors (Lipinski definition) is 6. The van der Waals surface area contributed by atoms with Crippen molar-refractivity contribution in [3.05, 3.63) is 0 Å². The van der Waals surface area contributed by atoms with Crippen molar-refractivity contribution in [1.82, 2.24) is 15.5 Å². The lowest BCUT2D eigenvalue weighted by atomic mass is 10.0. The van der Waals surface area contributed by atoms with Crippen LogP contribution in [0.4, 0.5) is 4.79 Å². The zero-order valence-electron chi connectivity index (χ0n) is 15.5. The maximum atomic E-state index is 12.5. The molecule has 0 unspecified atom stereocenters. The fourth-order valence-corrected chi connectivity index (χ4v) is 3.15. The molecule has 0 aromatic rings. The Balaban J connectivity index is 2.69. The number of sulfone groups is 1. The van der Waals surface area contributed by atoms with Gasteiger partial charge in [0.25, 0.3) is 0 Å². The first-order valence-corrected chi connectivity index (χ1v) is 10.7. The van der Waals surface area contributed by atoms with Crippen LogP contribution in [-0.4, -0.2) is 75.7 Å². The number of nitriles is 1. The van der Waals surface area contributed by atoms with Gasteiger partial charge in [0.05, 0.1) is 25.0 Å². The average molecular weight is 388 g/mol. The molecule has 0 bridgehead atoms. The number of urea groups is 1. The van der Waals surface area contributed by atoms with Gasteiger partial charge in [-0.2, -0.15) is 5.26 Å². The monoisotopic (exact) mass is 388 g/mol. The van der Waals surface area contributed by atoms with E-state index in [1.807, 2.05) is 19.9 Å². The molecule has 1 aliphatic heterocycles. The first-order valence-electron chi connectivity index (χ1n) is 8.63. The number of carbonyl (C=O) groups excluding carboxylic acids is 2. The highest BCUT2D eigenvalue weighted by Gasteiger charge is 2.27. The third-order valence-electron chi connectivity index (χ3n) is 3.87. The molecule has 0 saturated carbocycles. The molecule has 0 spiro atoms. The summed E-state index contributed by atoms with van der Waals surface area (Å²) in [6, 6.07) is -0.170. The molecule has 1 saturated heterocycles. The van der Waals surface area contributed by atoms with E-state index in [-0.39, 0.29) is 24.1 Å². The van der Waals surface area contributed by atoms with Crippen molar-refractivity contribution in [2.24, 2.45) is 5.92 Å². The van der Waals surface area contributed by atoms with Crippen molar-refractivity contribution >= 4 is 21.8 Å². The van der Waals surface area contributed by atoms with E-state index in [9.17, 15) is 18.0 Å². The highest BCUT2D eigenvalue weighted by molar-refractivity contribution is 7.90. The minimum Gasteiger partial charge on any atom is -0.378 e. The van der Waals surface area contributed by atoms with Gasteiger partial charge in [-0.25, -0.2) is 13.2 Å². The summed E-state index contributed by atoms with van der Waals surface area (Å²) >= 11 is 0. The minimum absolute atomic E-state index is 0.00683. The molecule has 2 atom stereocenters. The average Bonchev–Trinajstić information content (AvgIpc) is 2.57. The van der Waals surface area contributed by atoms with Crippen molar-refractivity contribution in [3.8, 4) is 6.07 Å². The normalized spacial score (nSPS) is 17.3. The van der Waals surface area contributed by atoms with Gasteiger partial charge in [0.2, 0.25) is 5.91 Å². The summed E-state index contributed by atoms with van der Waals surface area (Å²) < 4.78 is 27.7. The zero-order chi connectivity index (χ0) is 19.7. The third kappa shape index (κ3) is 8.49. The summed E-state index contributed by atoms with van der Waals surface area (Å²) in [7, 11) is -3.23. The Kier molecular flexibility index (Phi) is 8.81. The summed E-state index contributed by atoms with van der Waals surface area (Å²) in [6.07, 6.45) is 1.49. The van der Waals surface area contributed by atoms with E-state index in [2.05, 4.69) is 10.6 Å². The third-order valence-corrected chi connectivity index (χ3v) is 4.85. The topological polar surface area (TPSA) is 129 Å². The van der Waals surface area contributed by atoms with Gasteiger partial charge >= 0.3 is 6.03 Å². The number of ether oxygens (including phenoxy) is 1. The van der Waals surface area contributed by atoms with Crippen LogP contribution in [0.25, 0.3) is 0 Å². The van der Waals surface area contributed by atoms with Crippen LogP contribution in [-0.2, 0) is 19.4 Å². The Morgan fingerprint density at radius 2 is 1.85 bits per heavy atom. The molecule has 1 fully saturated rings. The van der Waals surface area contributed by atoms with Crippen LogP contribution < -0.4 is 10.6 Å². The lowest BCUT2D eigenvalue weighted by Gasteiger charge is -2.29. The first kappa shape index (κ1) is 22.2. The van der Waals surface area contributed by atoms with Gasteiger partial charge in [-0.15, -0.1) is 0 Å². The predicted octanol–water partition coefficient (Wildman–Crippen LogP) is -0.114. The van der Waals surface area contributed by atoms with Gasteiger partial charge in [-0.05, 0) is 18.8 Å². The molecular formula is C16H28N4O5S. The lowest BCUT2D eigenvalue weighted by molar-refractivity contribution is -0.123. The molecule has 0 aromatic carbocycles. The fourth-order valence-electron chi connectivity index (χ4n) is 2.48. The van der Waals surface area contributed by atoms with Crippen molar-refractivity contribution in [3.63, 3.8) is 0 Å². The quantitative estimate of drug-likeness (QED) is 0.597. The number of amides is 3. The molecule has 0 radical (unpaired) electrons. The fraction of sp³-hybridized carbons (Fsp3) is 0.812. The number of hydrogen-bond donors (Lipinski definition) is 2. The van der Waals surface area contributed by atoms with Crippen molar-refractivity contribution in [2.45, 2.75) is 38.8 Å². The molecular weight excluding hydrogens is 360 g/mol. The number of nitrogens with one attached hydrogen (secondary N) is 2. The van der Waals surface area contributed by atoms with Gasteiger partial charge in [0.15, 0.2) is 0 Å². The summed E-state index contributed by atoms with van der Waals surface area (Å²) in [5, 5.41) is 14.4. The van der Waals surface area contributed by atoms with E-state index >= 15 is 0 Å². The van der Waals surface area contributed by atoms with Gasteiger partial charge in [0.1, 0.15) is 21.9 Å². The largest absolute Gasteiger partial charge is 0.378 e. The van der Waals surface area contributed by atoms with Gasteiger partial charge < -0.3 is 20.3 Å². The predicted molar refractivity (Wildman–Crippen MR) is 96.0 cm³/mol. The minimum atomic E-state index is -3.23.